The van der Waals surface area contributed by atoms with Gasteiger partial charge in [0.05, 0.1) is 15.5 Å². The minimum atomic E-state index is -0.480. The summed E-state index contributed by atoms with van der Waals surface area (Å²) in [5.74, 6) is 4.05. The number of H-pyrrole nitrogens is 2. The SMILES string of the molecule is C.CC(C)(C)OC(=O)N1CCC(c2cnc3nc(-c4ccc(OCc5ccccc5)c(Br)c4)[nH]c3c2)CC1.c1ccc(COc2ccc(-c3nc4ncc(C5CCNCC5)cc4[nH]3)cc2-c2cccnc2)cc1. The monoisotopic (exact) mass is 1040 g/mol. The van der Waals surface area contributed by atoms with Gasteiger partial charge in [0.2, 0.25) is 0 Å². The second-order valence-electron chi connectivity index (χ2n) is 19.4. The fourth-order valence-electron chi connectivity index (χ4n) is 9.22. The van der Waals surface area contributed by atoms with Crippen molar-refractivity contribution >= 4 is 44.4 Å². The predicted molar refractivity (Wildman–Crippen MR) is 292 cm³/mol. The van der Waals surface area contributed by atoms with Gasteiger partial charge >= 0.3 is 6.09 Å². The van der Waals surface area contributed by atoms with Crippen molar-refractivity contribution in [3.8, 4) is 45.4 Å². The third kappa shape index (κ3) is 12.6. The summed E-state index contributed by atoms with van der Waals surface area (Å²) in [5.41, 5.74) is 11.4. The molecule has 1 amide bonds. The van der Waals surface area contributed by atoms with Gasteiger partial charge in [0.1, 0.15) is 42.0 Å². The summed E-state index contributed by atoms with van der Waals surface area (Å²) in [7, 11) is 0. The van der Waals surface area contributed by atoms with Gasteiger partial charge in [0, 0.05) is 60.1 Å². The molecule has 2 saturated heterocycles. The number of amides is 1. The average molecular weight is 1040 g/mol. The third-order valence-electron chi connectivity index (χ3n) is 13.1. The minimum Gasteiger partial charge on any atom is -0.488 e. The molecule has 11 rings (SSSR count). The lowest BCUT2D eigenvalue weighted by Crippen LogP contribution is -2.41. The number of halogens is 1. The van der Waals surface area contributed by atoms with E-state index in [2.05, 4.69) is 76.5 Å². The van der Waals surface area contributed by atoms with Crippen LogP contribution in [0.25, 0.3) is 56.2 Å². The third-order valence-corrected chi connectivity index (χ3v) is 13.7. The number of fused-ring (bicyclic) bond motifs is 2. The fourth-order valence-corrected chi connectivity index (χ4v) is 9.71. The van der Waals surface area contributed by atoms with Crippen LogP contribution in [0.2, 0.25) is 0 Å². The highest BCUT2D eigenvalue weighted by Gasteiger charge is 2.28. The number of pyridine rings is 3. The minimum absolute atomic E-state index is 0. The first kappa shape index (κ1) is 50.5. The highest BCUT2D eigenvalue weighted by atomic mass is 79.9. The van der Waals surface area contributed by atoms with Gasteiger partial charge in [-0.05, 0) is 164 Å². The van der Waals surface area contributed by atoms with E-state index in [-0.39, 0.29) is 13.5 Å². The van der Waals surface area contributed by atoms with Crippen LogP contribution < -0.4 is 14.8 Å². The number of hydrogen-bond donors (Lipinski definition) is 3. The van der Waals surface area contributed by atoms with E-state index in [0.717, 1.165) is 122 Å². The van der Waals surface area contributed by atoms with Crippen LogP contribution in [-0.4, -0.2) is 77.7 Å². The first-order chi connectivity index (χ1) is 35.1. The standard InChI is InChI=1S/C29H31BrN4O3.C29H27N5O.CH4/c1-29(2,3)37-28(35)34-13-11-20(12-14-34)22-16-24-27(31-17-22)33-26(32-24)21-9-10-25(23(30)15-21)36-18-19-7-5-4-6-8-19;1-2-5-20(6-3-1)19-35-27-9-8-22(15-25(27)23-7-4-12-31-17-23)28-33-26-16-24(18-32-29(26)34-28)21-10-13-30-14-11-21;/h4-10,15-17,20H,11-14,18H2,1-3H3,(H,31,32,33);1-9,12,15-18,21,30H,10-11,13-14,19H2,(H,32,33,34);1H4. The number of benzene rings is 4. The summed E-state index contributed by atoms with van der Waals surface area (Å²) in [6.07, 6.45) is 11.4. The lowest BCUT2D eigenvalue weighted by Gasteiger charge is -2.33. The topological polar surface area (TPSA) is 156 Å². The number of likely N-dealkylation sites (tertiary alicyclic amines) is 1. The van der Waals surface area contributed by atoms with Crippen LogP contribution in [0.3, 0.4) is 0 Å². The summed E-state index contributed by atoms with van der Waals surface area (Å²) < 4.78 is 18.6. The molecule has 2 aliphatic heterocycles. The lowest BCUT2D eigenvalue weighted by atomic mass is 9.90. The van der Waals surface area contributed by atoms with Gasteiger partial charge in [0.15, 0.2) is 11.3 Å². The molecule has 0 atom stereocenters. The zero-order chi connectivity index (χ0) is 49.4. The number of carbonyl (C=O) groups excluding carboxylic acids is 1. The van der Waals surface area contributed by atoms with Gasteiger partial charge in [-0.3, -0.25) is 4.98 Å². The molecule has 5 aromatic heterocycles. The summed E-state index contributed by atoms with van der Waals surface area (Å²) in [4.78, 5) is 44.2. The zero-order valence-electron chi connectivity index (χ0n) is 40.8. The number of nitrogens with zero attached hydrogens (tertiary/aromatic N) is 6. The number of nitrogens with one attached hydrogen (secondary N) is 3. The van der Waals surface area contributed by atoms with Crippen molar-refractivity contribution in [3.05, 3.63) is 173 Å². The van der Waals surface area contributed by atoms with Crippen molar-refractivity contribution in [2.45, 2.75) is 84.5 Å². The number of rotatable bonds is 11. The Bertz CT molecular complexity index is 3260. The summed E-state index contributed by atoms with van der Waals surface area (Å²) in [6.45, 7) is 10.2. The van der Waals surface area contributed by atoms with Crippen LogP contribution in [0.1, 0.15) is 88.0 Å². The van der Waals surface area contributed by atoms with Crippen LogP contribution in [0.15, 0.2) is 151 Å². The molecular formula is C59H62BrN9O4. The van der Waals surface area contributed by atoms with Crippen LogP contribution in [0, 0.1) is 0 Å². The molecule has 2 fully saturated rings. The zero-order valence-corrected chi connectivity index (χ0v) is 42.4. The molecule has 73 heavy (non-hydrogen) atoms. The van der Waals surface area contributed by atoms with Crippen molar-refractivity contribution in [1.29, 1.82) is 0 Å². The van der Waals surface area contributed by atoms with E-state index in [1.807, 2.05) is 130 Å². The fraction of sp³-hybridized carbons (Fsp3) is 0.288. The molecule has 0 spiro atoms. The van der Waals surface area contributed by atoms with Gasteiger partial charge in [-0.25, -0.2) is 24.7 Å². The van der Waals surface area contributed by atoms with Crippen molar-refractivity contribution in [3.63, 3.8) is 0 Å². The van der Waals surface area contributed by atoms with Crippen LogP contribution in [0.4, 0.5) is 4.79 Å². The molecule has 7 heterocycles. The maximum Gasteiger partial charge on any atom is 0.410 e. The Morgan fingerprint density at radius 3 is 1.74 bits per heavy atom. The lowest BCUT2D eigenvalue weighted by molar-refractivity contribution is 0.0204. The molecule has 3 N–H and O–H groups in total. The first-order valence-corrected chi connectivity index (χ1v) is 25.5. The number of aromatic nitrogens is 7. The maximum absolute atomic E-state index is 12.4. The Balaban J connectivity index is 0.000000178. The maximum atomic E-state index is 12.4. The molecule has 9 aromatic rings. The normalized spacial score (nSPS) is 14.3. The molecule has 4 aromatic carbocycles. The Morgan fingerprint density at radius 2 is 1.19 bits per heavy atom. The van der Waals surface area contributed by atoms with Crippen molar-refractivity contribution in [1.82, 2.24) is 45.1 Å². The first-order valence-electron chi connectivity index (χ1n) is 24.7. The van der Waals surface area contributed by atoms with Crippen LogP contribution >= 0.6 is 15.9 Å². The number of aromatic amines is 2. The van der Waals surface area contributed by atoms with Gasteiger partial charge in [-0.1, -0.05) is 74.2 Å². The molecule has 14 heteroatoms. The number of ether oxygens (including phenoxy) is 3. The highest BCUT2D eigenvalue weighted by Crippen LogP contribution is 2.36. The smallest absolute Gasteiger partial charge is 0.410 e. The van der Waals surface area contributed by atoms with Gasteiger partial charge in [0.25, 0.3) is 0 Å². The van der Waals surface area contributed by atoms with E-state index in [9.17, 15) is 4.79 Å². The Kier molecular flexibility index (Phi) is 15.9. The quantitative estimate of drug-likeness (QED) is 0.114. The number of piperidine rings is 2. The molecule has 0 radical (unpaired) electrons. The van der Waals surface area contributed by atoms with Gasteiger partial charge in [-0.15, -0.1) is 0 Å². The van der Waals surface area contributed by atoms with E-state index >= 15 is 0 Å². The summed E-state index contributed by atoms with van der Waals surface area (Å²) >= 11 is 3.64. The van der Waals surface area contributed by atoms with E-state index in [1.165, 1.54) is 5.56 Å². The van der Waals surface area contributed by atoms with Crippen molar-refractivity contribution in [2.24, 2.45) is 0 Å². The Morgan fingerprint density at radius 1 is 0.644 bits per heavy atom. The van der Waals surface area contributed by atoms with Gasteiger partial charge < -0.3 is 34.4 Å². The summed E-state index contributed by atoms with van der Waals surface area (Å²) in [5, 5.41) is 3.43. The molecular weight excluding hydrogens is 979 g/mol. The van der Waals surface area contributed by atoms with Gasteiger partial charge in [-0.2, -0.15) is 0 Å². The van der Waals surface area contributed by atoms with E-state index < -0.39 is 5.60 Å². The van der Waals surface area contributed by atoms with Crippen LogP contribution in [0.5, 0.6) is 11.5 Å². The summed E-state index contributed by atoms with van der Waals surface area (Å²) in [6, 6.07) is 40.8. The van der Waals surface area contributed by atoms with Crippen molar-refractivity contribution < 1.29 is 19.0 Å². The van der Waals surface area contributed by atoms with Crippen LogP contribution in [-0.2, 0) is 18.0 Å². The second-order valence-corrected chi connectivity index (χ2v) is 20.2. The second kappa shape index (κ2) is 23.0. The molecule has 0 bridgehead atoms. The Hall–Kier alpha value is -7.42. The van der Waals surface area contributed by atoms with E-state index in [1.54, 1.807) is 11.1 Å². The Labute approximate surface area is 435 Å². The van der Waals surface area contributed by atoms with Crippen molar-refractivity contribution in [2.75, 3.05) is 26.2 Å². The largest absolute Gasteiger partial charge is 0.488 e. The number of hydrogen-bond acceptors (Lipinski definition) is 10. The number of imidazole rings is 2. The van der Waals surface area contributed by atoms with E-state index in [4.69, 9.17) is 24.2 Å². The predicted octanol–water partition coefficient (Wildman–Crippen LogP) is 13.4. The van der Waals surface area contributed by atoms with E-state index in [0.29, 0.717) is 43.8 Å². The molecule has 13 nitrogen and oxygen atoms in total. The highest BCUT2D eigenvalue weighted by molar-refractivity contribution is 9.10. The molecule has 0 aliphatic carbocycles. The average Bonchev–Trinajstić information content (AvgIpc) is 4.05. The number of carbonyl (C=O) groups is 1. The molecule has 0 saturated carbocycles. The molecule has 2 aliphatic rings. The molecule has 0 unspecified atom stereocenters. The molecule has 374 valence electrons.